The fourth-order valence-electron chi connectivity index (χ4n) is 2.15. The summed E-state index contributed by atoms with van der Waals surface area (Å²) in [5.74, 6) is 0.165. The van der Waals surface area contributed by atoms with Crippen LogP contribution in [-0.4, -0.2) is 31.4 Å². The Morgan fingerprint density at radius 3 is 2.65 bits per heavy atom. The predicted octanol–water partition coefficient (Wildman–Crippen LogP) is 2.56. The van der Waals surface area contributed by atoms with E-state index in [1.165, 1.54) is 5.56 Å². The molecule has 4 heteroatoms. The Morgan fingerprint density at radius 1 is 1.41 bits per heavy atom. The van der Waals surface area contributed by atoms with Crippen LogP contribution in [0.15, 0.2) is 18.2 Å². The molecular weight excluding hydrogens is 280 g/mol. The van der Waals surface area contributed by atoms with E-state index in [-0.39, 0.29) is 10.7 Å². The van der Waals surface area contributed by atoms with Crippen molar-refractivity contribution in [2.45, 2.75) is 18.2 Å². The zero-order valence-corrected chi connectivity index (χ0v) is 12.0. The van der Waals surface area contributed by atoms with Gasteiger partial charge >= 0.3 is 0 Å². The van der Waals surface area contributed by atoms with Crippen molar-refractivity contribution in [1.82, 2.24) is 0 Å². The maximum Gasteiger partial charge on any atom is 0.240 e. The lowest BCUT2D eigenvalue weighted by molar-refractivity contribution is -0.116. The second kappa shape index (κ2) is 4.69. The average Bonchev–Trinajstić information content (AvgIpc) is 2.60. The van der Waals surface area contributed by atoms with Gasteiger partial charge in [-0.05, 0) is 31.0 Å². The lowest BCUT2D eigenvalue weighted by Crippen LogP contribution is -2.27. The van der Waals surface area contributed by atoms with Crippen LogP contribution in [0, 0.1) is 6.92 Å². The second-order valence-electron chi connectivity index (χ2n) is 4.61. The Bertz CT molecular complexity index is 445. The van der Waals surface area contributed by atoms with E-state index in [4.69, 9.17) is 0 Å². The summed E-state index contributed by atoms with van der Waals surface area (Å²) in [5, 5.41) is 0. The van der Waals surface area contributed by atoms with Crippen molar-refractivity contribution < 1.29 is 4.79 Å². The minimum atomic E-state index is -0.0217. The number of alkyl halides is 1. The maximum atomic E-state index is 11.9. The number of carbonyl (C=O) groups is 1. The Kier molecular flexibility index (Phi) is 3.43. The summed E-state index contributed by atoms with van der Waals surface area (Å²) in [5.41, 5.74) is 3.38. The highest BCUT2D eigenvalue weighted by atomic mass is 79.9. The molecule has 0 aromatic heterocycles. The van der Waals surface area contributed by atoms with Gasteiger partial charge in [0.15, 0.2) is 0 Å². The third-order valence-electron chi connectivity index (χ3n) is 3.13. The Hall–Kier alpha value is -1.03. The van der Waals surface area contributed by atoms with E-state index in [0.29, 0.717) is 0 Å². The van der Waals surface area contributed by atoms with Crippen molar-refractivity contribution in [1.29, 1.82) is 0 Å². The zero-order valence-electron chi connectivity index (χ0n) is 10.4. The highest BCUT2D eigenvalue weighted by Gasteiger charge is 2.30. The van der Waals surface area contributed by atoms with Gasteiger partial charge < -0.3 is 9.80 Å². The van der Waals surface area contributed by atoms with Crippen LogP contribution in [0.25, 0.3) is 0 Å². The van der Waals surface area contributed by atoms with Crippen LogP contribution in [0.3, 0.4) is 0 Å². The number of aryl methyl sites for hydroxylation is 1. The Balaban J connectivity index is 2.34. The first-order valence-electron chi connectivity index (χ1n) is 5.74. The molecule has 17 heavy (non-hydrogen) atoms. The highest BCUT2D eigenvalue weighted by molar-refractivity contribution is 9.10. The molecule has 1 aromatic rings. The molecule has 0 aliphatic carbocycles. The summed E-state index contributed by atoms with van der Waals surface area (Å²) in [7, 11) is 4.04. The van der Waals surface area contributed by atoms with Crippen LogP contribution in [-0.2, 0) is 4.79 Å². The number of hydrogen-bond acceptors (Lipinski definition) is 2. The molecule has 0 bridgehead atoms. The second-order valence-corrected chi connectivity index (χ2v) is 5.72. The molecule has 2 rings (SSSR count). The van der Waals surface area contributed by atoms with Gasteiger partial charge in [0.1, 0.15) is 0 Å². The van der Waals surface area contributed by atoms with E-state index in [1.807, 2.05) is 25.1 Å². The summed E-state index contributed by atoms with van der Waals surface area (Å²) in [6.45, 7) is 2.88. The van der Waals surface area contributed by atoms with Gasteiger partial charge in [-0.15, -0.1) is 0 Å². The summed E-state index contributed by atoms with van der Waals surface area (Å²) >= 11 is 3.40. The minimum absolute atomic E-state index is 0.0217. The highest BCUT2D eigenvalue weighted by Crippen LogP contribution is 2.29. The summed E-state index contributed by atoms with van der Waals surface area (Å²) in [6.07, 6.45) is 0.879. The van der Waals surface area contributed by atoms with Crippen LogP contribution >= 0.6 is 15.9 Å². The van der Waals surface area contributed by atoms with Crippen LogP contribution < -0.4 is 9.80 Å². The first kappa shape index (κ1) is 12.4. The molecule has 1 heterocycles. The summed E-state index contributed by atoms with van der Waals surface area (Å²) in [6, 6.07) is 6.17. The van der Waals surface area contributed by atoms with Crippen molar-refractivity contribution in [3.63, 3.8) is 0 Å². The summed E-state index contributed by atoms with van der Waals surface area (Å²) in [4.78, 5) is 15.8. The molecule has 3 nitrogen and oxygen atoms in total. The fraction of sp³-hybridized carbons (Fsp3) is 0.462. The number of rotatable bonds is 2. The largest absolute Gasteiger partial charge is 0.377 e. The zero-order chi connectivity index (χ0) is 12.6. The van der Waals surface area contributed by atoms with Crippen LogP contribution in [0.5, 0.6) is 0 Å². The molecule has 1 unspecified atom stereocenters. The standard InChI is InChI=1S/C13H17BrN2O/c1-9-4-5-10(8-12(9)15(2)3)16-7-6-11(14)13(16)17/h4-5,8,11H,6-7H2,1-3H3. The predicted molar refractivity (Wildman–Crippen MR) is 75.2 cm³/mol. The number of nitrogens with zero attached hydrogens (tertiary/aromatic N) is 2. The van der Waals surface area contributed by atoms with E-state index >= 15 is 0 Å². The van der Waals surface area contributed by atoms with E-state index in [2.05, 4.69) is 39.9 Å². The van der Waals surface area contributed by atoms with Gasteiger partial charge in [0, 0.05) is 32.0 Å². The third-order valence-corrected chi connectivity index (χ3v) is 3.98. The average molecular weight is 297 g/mol. The third kappa shape index (κ3) is 2.32. The quantitative estimate of drug-likeness (QED) is 0.783. The molecule has 1 fully saturated rings. The number of hydrogen-bond donors (Lipinski definition) is 0. The molecule has 1 aliphatic rings. The van der Waals surface area contributed by atoms with Crippen LogP contribution in [0.2, 0.25) is 0 Å². The SMILES string of the molecule is Cc1ccc(N2CCC(Br)C2=O)cc1N(C)C. The number of halogens is 1. The molecule has 0 saturated carbocycles. The van der Waals surface area contributed by atoms with E-state index in [0.717, 1.165) is 24.3 Å². The molecule has 0 radical (unpaired) electrons. The van der Waals surface area contributed by atoms with Gasteiger partial charge in [0.25, 0.3) is 0 Å². The monoisotopic (exact) mass is 296 g/mol. The first-order valence-corrected chi connectivity index (χ1v) is 6.65. The van der Waals surface area contributed by atoms with Crippen molar-refractivity contribution in [3.8, 4) is 0 Å². The van der Waals surface area contributed by atoms with Gasteiger partial charge in [-0.1, -0.05) is 22.0 Å². The Morgan fingerprint density at radius 2 is 2.12 bits per heavy atom. The van der Waals surface area contributed by atoms with E-state index in [1.54, 1.807) is 0 Å². The molecule has 1 atom stereocenters. The normalized spacial score (nSPS) is 19.9. The Labute approximate surface area is 111 Å². The number of amides is 1. The van der Waals surface area contributed by atoms with Gasteiger partial charge in [-0.2, -0.15) is 0 Å². The lowest BCUT2D eigenvalue weighted by Gasteiger charge is -2.21. The molecule has 0 spiro atoms. The van der Waals surface area contributed by atoms with Crippen molar-refractivity contribution in [2.75, 3.05) is 30.4 Å². The van der Waals surface area contributed by atoms with Crippen LogP contribution in [0.1, 0.15) is 12.0 Å². The topological polar surface area (TPSA) is 23.6 Å². The van der Waals surface area contributed by atoms with Crippen LogP contribution in [0.4, 0.5) is 11.4 Å². The van der Waals surface area contributed by atoms with Gasteiger partial charge in [0.05, 0.1) is 4.83 Å². The molecule has 1 amide bonds. The summed E-state index contributed by atoms with van der Waals surface area (Å²) < 4.78 is 0. The van der Waals surface area contributed by atoms with Crippen molar-refractivity contribution in [2.24, 2.45) is 0 Å². The fourth-order valence-corrected chi connectivity index (χ4v) is 2.60. The smallest absolute Gasteiger partial charge is 0.240 e. The number of carbonyl (C=O) groups excluding carboxylic acids is 1. The van der Waals surface area contributed by atoms with E-state index < -0.39 is 0 Å². The molecule has 1 aliphatic heterocycles. The molecule has 0 N–H and O–H groups in total. The van der Waals surface area contributed by atoms with Crippen molar-refractivity contribution in [3.05, 3.63) is 23.8 Å². The molecule has 1 aromatic carbocycles. The number of benzene rings is 1. The van der Waals surface area contributed by atoms with Crippen molar-refractivity contribution >= 4 is 33.2 Å². The van der Waals surface area contributed by atoms with Gasteiger partial charge in [0.2, 0.25) is 5.91 Å². The molecular formula is C13H17BrN2O. The van der Waals surface area contributed by atoms with E-state index in [9.17, 15) is 4.79 Å². The number of anilines is 2. The van der Waals surface area contributed by atoms with Gasteiger partial charge in [-0.3, -0.25) is 4.79 Å². The lowest BCUT2D eigenvalue weighted by atomic mass is 10.1. The first-order chi connectivity index (χ1) is 8.00. The maximum absolute atomic E-state index is 11.9. The van der Waals surface area contributed by atoms with Gasteiger partial charge in [-0.25, -0.2) is 0 Å². The molecule has 1 saturated heterocycles. The minimum Gasteiger partial charge on any atom is -0.377 e. The molecule has 92 valence electrons.